The molecule has 0 aliphatic heterocycles. The van der Waals surface area contributed by atoms with Crippen molar-refractivity contribution in [2.75, 3.05) is 19.8 Å². The molecule has 4 nitrogen and oxygen atoms in total. The van der Waals surface area contributed by atoms with Gasteiger partial charge in [-0.25, -0.2) is 4.57 Å². The summed E-state index contributed by atoms with van der Waals surface area (Å²) in [4.78, 5) is 12.1. The van der Waals surface area contributed by atoms with E-state index in [0.717, 1.165) is 51.7 Å². The first-order valence-corrected chi connectivity index (χ1v) is 15.9. The molecule has 0 saturated carbocycles. The van der Waals surface area contributed by atoms with Gasteiger partial charge in [0.1, 0.15) is 6.54 Å². The second kappa shape index (κ2) is 26.2. The van der Waals surface area contributed by atoms with Crippen molar-refractivity contribution in [3.8, 4) is 0 Å². The van der Waals surface area contributed by atoms with E-state index in [1.807, 2.05) is 18.2 Å². The van der Waals surface area contributed by atoms with Crippen LogP contribution in [0, 0.1) is 5.92 Å². The van der Waals surface area contributed by atoms with Gasteiger partial charge in [-0.2, -0.15) is 0 Å². The zero-order chi connectivity index (χ0) is 26.7. The summed E-state index contributed by atoms with van der Waals surface area (Å²) >= 11 is 0. The molecule has 0 radical (unpaired) electrons. The van der Waals surface area contributed by atoms with Gasteiger partial charge >= 0.3 is 5.97 Å². The van der Waals surface area contributed by atoms with Crippen LogP contribution in [0.4, 0.5) is 0 Å². The average Bonchev–Trinajstić information content (AvgIpc) is 2.91. The first kappa shape index (κ1) is 33.6. The highest BCUT2D eigenvalue weighted by Gasteiger charge is 2.12. The van der Waals surface area contributed by atoms with Crippen molar-refractivity contribution in [3.63, 3.8) is 0 Å². The number of carbonyl (C=O) groups excluding carboxylic acids is 1. The van der Waals surface area contributed by atoms with Crippen LogP contribution >= 0.6 is 0 Å². The van der Waals surface area contributed by atoms with E-state index in [2.05, 4.69) is 30.8 Å². The van der Waals surface area contributed by atoms with Crippen LogP contribution < -0.4 is 4.57 Å². The van der Waals surface area contributed by atoms with E-state index in [1.165, 1.54) is 83.5 Å². The van der Waals surface area contributed by atoms with E-state index in [1.54, 1.807) is 0 Å². The maximum atomic E-state index is 12.1. The Kier molecular flexibility index (Phi) is 23.8. The molecule has 0 aromatic carbocycles. The van der Waals surface area contributed by atoms with Crippen LogP contribution in [-0.4, -0.2) is 25.8 Å². The Balaban J connectivity index is 1.90. The number of aromatic nitrogens is 1. The Morgan fingerprint density at radius 2 is 1.22 bits per heavy atom. The van der Waals surface area contributed by atoms with E-state index in [0.29, 0.717) is 25.6 Å². The quantitative estimate of drug-likeness (QED) is 0.0662. The molecule has 1 heterocycles. The van der Waals surface area contributed by atoms with Crippen LogP contribution in [0.2, 0.25) is 0 Å². The monoisotopic (exact) mass is 518 g/mol. The molecular weight excluding hydrogens is 458 g/mol. The van der Waals surface area contributed by atoms with E-state index < -0.39 is 0 Å². The fourth-order valence-electron chi connectivity index (χ4n) is 4.88. The van der Waals surface area contributed by atoms with Crippen LogP contribution in [0.25, 0.3) is 0 Å². The second-order valence-electron chi connectivity index (χ2n) is 10.9. The normalized spacial score (nSPS) is 12.1. The van der Waals surface area contributed by atoms with Crippen molar-refractivity contribution in [2.24, 2.45) is 5.92 Å². The number of hydrogen-bond donors (Lipinski definition) is 0. The Morgan fingerprint density at radius 3 is 1.81 bits per heavy atom. The average molecular weight is 519 g/mol. The Labute approximate surface area is 229 Å². The van der Waals surface area contributed by atoms with Gasteiger partial charge in [-0.05, 0) is 25.7 Å². The third kappa shape index (κ3) is 22.3. The van der Waals surface area contributed by atoms with Gasteiger partial charge < -0.3 is 9.47 Å². The summed E-state index contributed by atoms with van der Waals surface area (Å²) in [5.74, 6) is 0.274. The number of ether oxygens (including phenoxy) is 2. The van der Waals surface area contributed by atoms with Crippen molar-refractivity contribution in [1.82, 2.24) is 0 Å². The SMILES string of the molecule is CCCCCCCCCCCCCCCCOCC(CCC)COC(=O)CCCCC[n+]1ccccc1. The molecule has 1 unspecified atom stereocenters. The van der Waals surface area contributed by atoms with Crippen LogP contribution in [0.1, 0.15) is 142 Å². The molecule has 0 saturated heterocycles. The lowest BCUT2D eigenvalue weighted by Gasteiger charge is -2.16. The molecule has 1 aromatic rings. The van der Waals surface area contributed by atoms with Crippen molar-refractivity contribution < 1.29 is 18.8 Å². The van der Waals surface area contributed by atoms with E-state index in [4.69, 9.17) is 9.47 Å². The molecule has 0 aliphatic rings. The lowest BCUT2D eigenvalue weighted by molar-refractivity contribution is -0.697. The Morgan fingerprint density at radius 1 is 0.649 bits per heavy atom. The van der Waals surface area contributed by atoms with Gasteiger partial charge in [-0.1, -0.05) is 110 Å². The Hall–Kier alpha value is -1.42. The predicted octanol–water partition coefficient (Wildman–Crippen LogP) is 8.99. The van der Waals surface area contributed by atoms with Crippen molar-refractivity contribution >= 4 is 5.97 Å². The standard InChI is InChI=1S/C33H60NO3/c1-3-5-6-7-8-9-10-11-12-13-14-15-16-23-29-36-30-32(24-4-2)31-37-33(35)25-19-17-20-26-34-27-21-18-22-28-34/h18,21-22,27-28,32H,3-17,19-20,23-26,29-31H2,1-2H3/q+1. The van der Waals surface area contributed by atoms with Gasteiger partial charge in [-0.15, -0.1) is 0 Å². The third-order valence-corrected chi connectivity index (χ3v) is 7.25. The summed E-state index contributed by atoms with van der Waals surface area (Å²) in [6, 6.07) is 6.13. The van der Waals surface area contributed by atoms with Crippen LogP contribution in [0.15, 0.2) is 30.6 Å². The minimum atomic E-state index is -0.0551. The number of esters is 1. The molecule has 0 aliphatic carbocycles. The lowest BCUT2D eigenvalue weighted by Crippen LogP contribution is -2.32. The second-order valence-corrected chi connectivity index (χ2v) is 10.9. The fraction of sp³-hybridized carbons (Fsp3) is 0.818. The lowest BCUT2D eigenvalue weighted by atomic mass is 10.0. The zero-order valence-electron chi connectivity index (χ0n) is 24.6. The highest BCUT2D eigenvalue weighted by molar-refractivity contribution is 5.69. The topological polar surface area (TPSA) is 39.4 Å². The number of rotatable bonds is 27. The van der Waals surface area contributed by atoms with Gasteiger partial charge in [-0.3, -0.25) is 4.79 Å². The number of unbranched alkanes of at least 4 members (excludes halogenated alkanes) is 15. The minimum absolute atomic E-state index is 0.0551. The molecular formula is C33H60NO3+. The van der Waals surface area contributed by atoms with Crippen molar-refractivity contribution in [2.45, 2.75) is 149 Å². The summed E-state index contributed by atoms with van der Waals surface area (Å²) in [5, 5.41) is 0. The van der Waals surface area contributed by atoms with Crippen molar-refractivity contribution in [3.05, 3.63) is 30.6 Å². The first-order chi connectivity index (χ1) is 18.3. The first-order valence-electron chi connectivity index (χ1n) is 15.9. The highest BCUT2D eigenvalue weighted by atomic mass is 16.5. The molecule has 1 atom stereocenters. The van der Waals surface area contributed by atoms with E-state index >= 15 is 0 Å². The van der Waals surface area contributed by atoms with E-state index in [-0.39, 0.29) is 5.97 Å². The van der Waals surface area contributed by atoms with Gasteiger partial charge in [0.05, 0.1) is 13.2 Å². The number of carbonyl (C=O) groups is 1. The number of pyridine rings is 1. The number of nitrogens with zero attached hydrogens (tertiary/aromatic N) is 1. The van der Waals surface area contributed by atoms with Crippen LogP contribution in [0.3, 0.4) is 0 Å². The van der Waals surface area contributed by atoms with Crippen LogP contribution in [-0.2, 0) is 20.8 Å². The molecule has 1 rings (SSSR count). The molecule has 4 heteroatoms. The van der Waals surface area contributed by atoms with Gasteiger partial charge in [0, 0.05) is 37.5 Å². The summed E-state index contributed by atoms with van der Waals surface area (Å²) < 4.78 is 13.7. The Bertz CT molecular complexity index is 607. The predicted molar refractivity (Wildman–Crippen MR) is 156 cm³/mol. The molecule has 0 N–H and O–H groups in total. The number of hydrogen-bond acceptors (Lipinski definition) is 3. The summed E-state index contributed by atoms with van der Waals surface area (Å²) in [5.41, 5.74) is 0. The third-order valence-electron chi connectivity index (χ3n) is 7.25. The van der Waals surface area contributed by atoms with Crippen molar-refractivity contribution in [1.29, 1.82) is 0 Å². The molecule has 0 fully saturated rings. The summed E-state index contributed by atoms with van der Waals surface area (Å²) in [7, 11) is 0. The van der Waals surface area contributed by atoms with Gasteiger partial charge in [0.25, 0.3) is 0 Å². The van der Waals surface area contributed by atoms with Gasteiger partial charge in [0.15, 0.2) is 12.4 Å². The number of aryl methyl sites for hydroxylation is 1. The van der Waals surface area contributed by atoms with Gasteiger partial charge in [0.2, 0.25) is 0 Å². The molecule has 214 valence electrons. The smallest absolute Gasteiger partial charge is 0.305 e. The summed E-state index contributed by atoms with van der Waals surface area (Å²) in [6.07, 6.45) is 29.2. The zero-order valence-corrected chi connectivity index (χ0v) is 24.6. The highest BCUT2D eigenvalue weighted by Crippen LogP contribution is 2.14. The van der Waals surface area contributed by atoms with Crippen LogP contribution in [0.5, 0.6) is 0 Å². The largest absolute Gasteiger partial charge is 0.465 e. The maximum Gasteiger partial charge on any atom is 0.305 e. The van der Waals surface area contributed by atoms with E-state index in [9.17, 15) is 4.79 Å². The fourth-order valence-corrected chi connectivity index (χ4v) is 4.88. The maximum absolute atomic E-state index is 12.1. The molecule has 1 aromatic heterocycles. The molecule has 0 spiro atoms. The molecule has 37 heavy (non-hydrogen) atoms. The molecule has 0 amide bonds. The summed E-state index contributed by atoms with van der Waals surface area (Å²) in [6.45, 7) is 7.54. The minimum Gasteiger partial charge on any atom is -0.465 e. The molecule has 0 bridgehead atoms.